The van der Waals surface area contributed by atoms with Crippen LogP contribution in [0.3, 0.4) is 0 Å². The number of rotatable bonds is 6. The number of benzene rings is 1. The lowest BCUT2D eigenvalue weighted by Gasteiger charge is -2.29. The van der Waals surface area contributed by atoms with E-state index >= 15 is 0 Å². The van der Waals surface area contributed by atoms with Crippen LogP contribution in [-0.2, 0) is 0 Å². The van der Waals surface area contributed by atoms with Gasteiger partial charge in [-0.1, -0.05) is 38.7 Å². The molecule has 0 spiro atoms. The number of carbonyl (C=O) groups is 1. The monoisotopic (exact) mass is 292 g/mol. The second-order valence-electron chi connectivity index (χ2n) is 6.25. The SMILES string of the molecule is CCCCCC1CCC(c2ccc(C(=O)O)cc2F)CC1. The molecule has 1 fully saturated rings. The van der Waals surface area contributed by atoms with Crippen molar-refractivity contribution in [3.05, 3.63) is 35.1 Å². The lowest BCUT2D eigenvalue weighted by molar-refractivity contribution is 0.0696. The van der Waals surface area contributed by atoms with E-state index in [0.29, 0.717) is 5.56 Å². The van der Waals surface area contributed by atoms with Crippen molar-refractivity contribution in [1.29, 1.82) is 0 Å². The number of halogens is 1. The van der Waals surface area contributed by atoms with Gasteiger partial charge in [-0.3, -0.25) is 0 Å². The number of carboxylic acid groups (broad SMARTS) is 1. The van der Waals surface area contributed by atoms with Crippen molar-refractivity contribution in [3.63, 3.8) is 0 Å². The van der Waals surface area contributed by atoms with Crippen LogP contribution in [0.1, 0.15) is 80.1 Å². The minimum absolute atomic E-state index is 0.0319. The van der Waals surface area contributed by atoms with E-state index in [4.69, 9.17) is 5.11 Å². The van der Waals surface area contributed by atoms with Gasteiger partial charge in [0.05, 0.1) is 5.56 Å². The standard InChI is InChI=1S/C18H25FO2/c1-2-3-4-5-13-6-8-14(9-7-13)16-11-10-15(18(20)21)12-17(16)19/h10-14H,2-9H2,1H3,(H,20,21). The van der Waals surface area contributed by atoms with Gasteiger partial charge in [-0.05, 0) is 55.2 Å². The third-order valence-electron chi connectivity index (χ3n) is 4.75. The van der Waals surface area contributed by atoms with Crippen LogP contribution in [0.5, 0.6) is 0 Å². The number of hydrogen-bond acceptors (Lipinski definition) is 1. The molecule has 2 rings (SSSR count). The summed E-state index contributed by atoms with van der Waals surface area (Å²) in [4.78, 5) is 10.8. The number of aromatic carboxylic acids is 1. The molecule has 1 aliphatic rings. The van der Waals surface area contributed by atoms with Crippen molar-refractivity contribution in [1.82, 2.24) is 0 Å². The molecule has 3 heteroatoms. The maximum absolute atomic E-state index is 14.1. The predicted molar refractivity (Wildman–Crippen MR) is 82.2 cm³/mol. The minimum atomic E-state index is -1.07. The molecule has 0 bridgehead atoms. The molecule has 0 amide bonds. The van der Waals surface area contributed by atoms with E-state index in [-0.39, 0.29) is 17.3 Å². The summed E-state index contributed by atoms with van der Waals surface area (Å²) in [5.41, 5.74) is 0.733. The Hall–Kier alpha value is -1.38. The highest BCUT2D eigenvalue weighted by Gasteiger charge is 2.24. The molecule has 0 aliphatic heterocycles. The van der Waals surface area contributed by atoms with Crippen LogP contribution in [-0.4, -0.2) is 11.1 Å². The lowest BCUT2D eigenvalue weighted by Crippen LogP contribution is -2.14. The first kappa shape index (κ1) is 16.0. The van der Waals surface area contributed by atoms with Crippen molar-refractivity contribution < 1.29 is 14.3 Å². The van der Waals surface area contributed by atoms with Gasteiger partial charge < -0.3 is 5.11 Å². The van der Waals surface area contributed by atoms with Gasteiger partial charge >= 0.3 is 5.97 Å². The van der Waals surface area contributed by atoms with E-state index in [9.17, 15) is 9.18 Å². The van der Waals surface area contributed by atoms with E-state index in [0.717, 1.165) is 24.8 Å². The Morgan fingerprint density at radius 2 is 1.95 bits per heavy atom. The van der Waals surface area contributed by atoms with Crippen LogP contribution in [0, 0.1) is 11.7 Å². The normalized spacial score (nSPS) is 22.2. The maximum atomic E-state index is 14.1. The first-order chi connectivity index (χ1) is 10.1. The second-order valence-corrected chi connectivity index (χ2v) is 6.25. The van der Waals surface area contributed by atoms with Crippen molar-refractivity contribution in [2.75, 3.05) is 0 Å². The van der Waals surface area contributed by atoms with Crippen molar-refractivity contribution in [2.24, 2.45) is 5.92 Å². The zero-order chi connectivity index (χ0) is 15.2. The average Bonchev–Trinajstić information content (AvgIpc) is 2.48. The molecular formula is C18H25FO2. The molecule has 0 saturated heterocycles. The van der Waals surface area contributed by atoms with E-state index in [2.05, 4.69) is 6.92 Å². The molecule has 1 aromatic rings. The summed E-state index contributed by atoms with van der Waals surface area (Å²) in [6, 6.07) is 4.35. The Kier molecular flexibility index (Phi) is 5.77. The highest BCUT2D eigenvalue weighted by Crippen LogP contribution is 2.38. The molecule has 1 aromatic carbocycles. The zero-order valence-electron chi connectivity index (χ0n) is 12.8. The fourth-order valence-corrected chi connectivity index (χ4v) is 3.44. The van der Waals surface area contributed by atoms with Gasteiger partial charge in [0.25, 0.3) is 0 Å². The van der Waals surface area contributed by atoms with Crippen LogP contribution in [0.4, 0.5) is 4.39 Å². The first-order valence-electron chi connectivity index (χ1n) is 8.14. The number of unbranched alkanes of at least 4 members (excludes halogenated alkanes) is 2. The molecule has 1 N–H and O–H groups in total. The summed E-state index contributed by atoms with van der Waals surface area (Å²) in [6.07, 6.45) is 9.60. The number of hydrogen-bond donors (Lipinski definition) is 1. The Balaban J connectivity index is 1.91. The first-order valence-corrected chi connectivity index (χ1v) is 8.14. The second kappa shape index (κ2) is 7.58. The van der Waals surface area contributed by atoms with Crippen LogP contribution in [0.25, 0.3) is 0 Å². The van der Waals surface area contributed by atoms with Gasteiger partial charge in [0.15, 0.2) is 0 Å². The minimum Gasteiger partial charge on any atom is -0.478 e. The van der Waals surface area contributed by atoms with Crippen LogP contribution in [0.2, 0.25) is 0 Å². The molecule has 0 radical (unpaired) electrons. The lowest BCUT2D eigenvalue weighted by atomic mass is 9.77. The Labute approximate surface area is 126 Å². The fourth-order valence-electron chi connectivity index (χ4n) is 3.44. The molecule has 0 heterocycles. The summed E-state index contributed by atoms with van der Waals surface area (Å²) in [7, 11) is 0. The van der Waals surface area contributed by atoms with Crippen molar-refractivity contribution >= 4 is 5.97 Å². The van der Waals surface area contributed by atoms with E-state index in [1.54, 1.807) is 6.07 Å². The summed E-state index contributed by atoms with van der Waals surface area (Å²) in [6.45, 7) is 2.22. The third kappa shape index (κ3) is 4.29. The molecule has 116 valence electrons. The van der Waals surface area contributed by atoms with Gasteiger partial charge in [-0.2, -0.15) is 0 Å². The summed E-state index contributed by atoms with van der Waals surface area (Å²) < 4.78 is 14.1. The zero-order valence-corrected chi connectivity index (χ0v) is 12.8. The Morgan fingerprint density at radius 3 is 2.52 bits per heavy atom. The summed E-state index contributed by atoms with van der Waals surface area (Å²) in [5, 5.41) is 8.88. The van der Waals surface area contributed by atoms with Crippen molar-refractivity contribution in [2.45, 2.75) is 64.2 Å². The summed E-state index contributed by atoms with van der Waals surface area (Å²) >= 11 is 0. The molecule has 21 heavy (non-hydrogen) atoms. The van der Waals surface area contributed by atoms with Gasteiger partial charge in [-0.15, -0.1) is 0 Å². The van der Waals surface area contributed by atoms with Crippen LogP contribution >= 0.6 is 0 Å². The van der Waals surface area contributed by atoms with Crippen molar-refractivity contribution in [3.8, 4) is 0 Å². The Bertz CT molecular complexity index is 476. The van der Waals surface area contributed by atoms with Gasteiger partial charge in [-0.25, -0.2) is 9.18 Å². The third-order valence-corrected chi connectivity index (χ3v) is 4.75. The topological polar surface area (TPSA) is 37.3 Å². The molecule has 2 nitrogen and oxygen atoms in total. The average molecular weight is 292 g/mol. The highest BCUT2D eigenvalue weighted by atomic mass is 19.1. The maximum Gasteiger partial charge on any atom is 0.335 e. The van der Waals surface area contributed by atoms with Crippen LogP contribution in [0.15, 0.2) is 18.2 Å². The molecular weight excluding hydrogens is 267 g/mol. The van der Waals surface area contributed by atoms with E-state index in [1.807, 2.05) is 0 Å². The molecule has 0 unspecified atom stereocenters. The molecule has 0 aromatic heterocycles. The molecule has 1 saturated carbocycles. The van der Waals surface area contributed by atoms with Gasteiger partial charge in [0.2, 0.25) is 0 Å². The van der Waals surface area contributed by atoms with E-state index < -0.39 is 5.97 Å². The highest BCUT2D eigenvalue weighted by molar-refractivity contribution is 5.87. The van der Waals surface area contributed by atoms with E-state index in [1.165, 1.54) is 44.6 Å². The number of carboxylic acids is 1. The predicted octanol–water partition coefficient (Wildman–Crippen LogP) is 5.38. The molecule has 0 atom stereocenters. The fraction of sp³-hybridized carbons (Fsp3) is 0.611. The quantitative estimate of drug-likeness (QED) is 0.715. The van der Waals surface area contributed by atoms with Crippen LogP contribution < -0.4 is 0 Å². The smallest absolute Gasteiger partial charge is 0.335 e. The molecule has 1 aliphatic carbocycles. The van der Waals surface area contributed by atoms with Gasteiger partial charge in [0, 0.05) is 0 Å². The van der Waals surface area contributed by atoms with Gasteiger partial charge in [0.1, 0.15) is 5.82 Å². The summed E-state index contributed by atoms with van der Waals surface area (Å²) in [5.74, 6) is -0.367. The largest absolute Gasteiger partial charge is 0.478 e. The Morgan fingerprint density at radius 1 is 1.24 bits per heavy atom.